The topological polar surface area (TPSA) is 44.1 Å². The van der Waals surface area contributed by atoms with E-state index >= 15 is 0 Å². The minimum Gasteiger partial charge on any atom is -0.456 e. The maximum absolute atomic E-state index is 6.75. The Bertz CT molecular complexity index is 2750. The third-order valence-corrected chi connectivity index (χ3v) is 9.05. The van der Waals surface area contributed by atoms with E-state index in [1.807, 2.05) is 36.5 Å². The van der Waals surface area contributed by atoms with Crippen molar-refractivity contribution >= 4 is 65.7 Å². The van der Waals surface area contributed by atoms with Crippen molar-refractivity contribution in [1.82, 2.24) is 9.55 Å². The average molecular weight is 577 g/mol. The van der Waals surface area contributed by atoms with Crippen molar-refractivity contribution < 1.29 is 8.83 Å². The van der Waals surface area contributed by atoms with Crippen LogP contribution < -0.4 is 0 Å². The van der Waals surface area contributed by atoms with Gasteiger partial charge in [-0.05, 0) is 83.9 Å². The summed E-state index contributed by atoms with van der Waals surface area (Å²) < 4.78 is 15.3. The summed E-state index contributed by atoms with van der Waals surface area (Å²) in [5.41, 5.74) is 11.2. The highest BCUT2D eigenvalue weighted by molar-refractivity contribution is 6.24. The molecule has 0 saturated heterocycles. The molecule has 4 heteroatoms. The number of rotatable bonds is 3. The number of pyridine rings is 1. The van der Waals surface area contributed by atoms with Gasteiger partial charge in [-0.25, -0.2) is 0 Å². The summed E-state index contributed by atoms with van der Waals surface area (Å²) in [6, 6.07) is 48.7. The second-order valence-corrected chi connectivity index (χ2v) is 11.5. The molecule has 0 unspecified atom stereocenters. The molecule has 0 saturated carbocycles. The van der Waals surface area contributed by atoms with Crippen LogP contribution in [0.2, 0.25) is 0 Å². The lowest BCUT2D eigenvalue weighted by atomic mass is 9.97. The van der Waals surface area contributed by atoms with E-state index in [1.54, 1.807) is 0 Å². The third-order valence-electron chi connectivity index (χ3n) is 9.05. The van der Waals surface area contributed by atoms with E-state index < -0.39 is 0 Å². The first-order chi connectivity index (χ1) is 22.3. The van der Waals surface area contributed by atoms with Gasteiger partial charge in [0.25, 0.3) is 0 Å². The van der Waals surface area contributed by atoms with E-state index in [0.717, 1.165) is 93.8 Å². The summed E-state index contributed by atoms with van der Waals surface area (Å²) in [7, 11) is 0. The van der Waals surface area contributed by atoms with Crippen molar-refractivity contribution in [2.24, 2.45) is 0 Å². The first-order valence-electron chi connectivity index (χ1n) is 15.1. The Labute approximate surface area is 257 Å². The largest absolute Gasteiger partial charge is 0.456 e. The SMILES string of the molecule is c1ccc(-n2c3ccc(-c4ccccn4)cc3c3c4oc5ccc(-c6cccc7oc8ccccc8c67)cc5c4ccc32)cc1. The Kier molecular flexibility index (Phi) is 4.96. The van der Waals surface area contributed by atoms with Gasteiger partial charge in [-0.2, -0.15) is 0 Å². The Morgan fingerprint density at radius 2 is 1.24 bits per heavy atom. The normalized spacial score (nSPS) is 12.0. The van der Waals surface area contributed by atoms with Crippen LogP contribution in [0.3, 0.4) is 0 Å². The summed E-state index contributed by atoms with van der Waals surface area (Å²) >= 11 is 0. The van der Waals surface area contributed by atoms with Crippen molar-refractivity contribution in [3.05, 3.63) is 146 Å². The number of nitrogens with zero attached hydrogens (tertiary/aromatic N) is 2. The highest BCUT2D eigenvalue weighted by Gasteiger charge is 2.20. The number of hydrogen-bond donors (Lipinski definition) is 0. The van der Waals surface area contributed by atoms with Gasteiger partial charge in [0.15, 0.2) is 0 Å². The molecule has 0 spiro atoms. The minimum absolute atomic E-state index is 0.868. The van der Waals surface area contributed by atoms with E-state index in [9.17, 15) is 0 Å². The van der Waals surface area contributed by atoms with E-state index in [0.29, 0.717) is 0 Å². The Balaban J connectivity index is 1.27. The fraction of sp³-hybridized carbons (Fsp3) is 0. The van der Waals surface area contributed by atoms with Crippen LogP contribution in [0.1, 0.15) is 0 Å². The quantitative estimate of drug-likeness (QED) is 0.210. The number of furan rings is 2. The molecule has 0 amide bonds. The molecule has 4 aromatic heterocycles. The molecule has 0 aliphatic carbocycles. The second-order valence-electron chi connectivity index (χ2n) is 11.5. The van der Waals surface area contributed by atoms with Crippen LogP contribution in [0.15, 0.2) is 155 Å². The molecule has 45 heavy (non-hydrogen) atoms. The first-order valence-corrected chi connectivity index (χ1v) is 15.1. The molecule has 0 fully saturated rings. The van der Waals surface area contributed by atoms with Gasteiger partial charge in [-0.1, -0.05) is 66.7 Å². The number of benzene rings is 6. The lowest BCUT2D eigenvalue weighted by molar-refractivity contribution is 0.669. The lowest BCUT2D eigenvalue weighted by Gasteiger charge is -2.08. The van der Waals surface area contributed by atoms with Crippen molar-refractivity contribution in [2.75, 3.05) is 0 Å². The van der Waals surface area contributed by atoms with Crippen molar-refractivity contribution in [3.8, 4) is 28.1 Å². The van der Waals surface area contributed by atoms with Crippen LogP contribution in [0.5, 0.6) is 0 Å². The maximum Gasteiger partial charge on any atom is 0.145 e. The molecule has 0 N–H and O–H groups in total. The Hall–Kier alpha value is -6.13. The molecule has 6 aromatic carbocycles. The van der Waals surface area contributed by atoms with Crippen LogP contribution in [0, 0.1) is 0 Å². The van der Waals surface area contributed by atoms with Crippen LogP contribution in [0.25, 0.3) is 93.8 Å². The predicted octanol–water partition coefficient (Wildman–Crippen LogP) is 11.3. The van der Waals surface area contributed by atoms with Gasteiger partial charge in [-0.15, -0.1) is 0 Å². The van der Waals surface area contributed by atoms with Crippen molar-refractivity contribution in [2.45, 2.75) is 0 Å². The molecule has 0 atom stereocenters. The zero-order valence-corrected chi connectivity index (χ0v) is 24.1. The molecule has 0 radical (unpaired) electrons. The molecule has 10 rings (SSSR count). The lowest BCUT2D eigenvalue weighted by Crippen LogP contribution is -1.93. The van der Waals surface area contributed by atoms with Gasteiger partial charge >= 0.3 is 0 Å². The highest BCUT2D eigenvalue weighted by atomic mass is 16.3. The summed E-state index contributed by atoms with van der Waals surface area (Å²) in [6.45, 7) is 0. The summed E-state index contributed by atoms with van der Waals surface area (Å²) in [5, 5.41) is 6.69. The first kappa shape index (κ1) is 24.3. The van der Waals surface area contributed by atoms with Gasteiger partial charge in [0.1, 0.15) is 22.3 Å². The van der Waals surface area contributed by atoms with Gasteiger partial charge in [0, 0.05) is 44.4 Å². The molecule has 210 valence electrons. The highest BCUT2D eigenvalue weighted by Crippen LogP contribution is 2.43. The molecular weight excluding hydrogens is 552 g/mol. The van der Waals surface area contributed by atoms with E-state index in [-0.39, 0.29) is 0 Å². The summed E-state index contributed by atoms with van der Waals surface area (Å²) in [5.74, 6) is 0. The predicted molar refractivity (Wildman–Crippen MR) is 184 cm³/mol. The van der Waals surface area contributed by atoms with Gasteiger partial charge < -0.3 is 13.4 Å². The van der Waals surface area contributed by atoms with Gasteiger partial charge in [0.05, 0.1) is 22.1 Å². The Morgan fingerprint density at radius 1 is 0.467 bits per heavy atom. The molecular formula is C41H24N2O2. The Morgan fingerprint density at radius 3 is 2.16 bits per heavy atom. The molecule has 0 aliphatic rings. The third kappa shape index (κ3) is 3.51. The fourth-order valence-corrected chi connectivity index (χ4v) is 7.07. The number of hydrogen-bond acceptors (Lipinski definition) is 3. The second kappa shape index (κ2) is 9.18. The van der Waals surface area contributed by atoms with Crippen LogP contribution >= 0.6 is 0 Å². The number of fused-ring (bicyclic) bond motifs is 10. The molecule has 4 nitrogen and oxygen atoms in total. The molecule has 10 aromatic rings. The van der Waals surface area contributed by atoms with E-state index in [2.05, 4.69) is 119 Å². The van der Waals surface area contributed by atoms with Crippen LogP contribution in [0.4, 0.5) is 0 Å². The van der Waals surface area contributed by atoms with E-state index in [4.69, 9.17) is 8.83 Å². The summed E-state index contributed by atoms with van der Waals surface area (Å²) in [4.78, 5) is 4.64. The van der Waals surface area contributed by atoms with Gasteiger partial charge in [0.2, 0.25) is 0 Å². The fourth-order valence-electron chi connectivity index (χ4n) is 7.07. The molecule has 4 heterocycles. The van der Waals surface area contributed by atoms with Crippen LogP contribution in [-0.4, -0.2) is 9.55 Å². The number of para-hydroxylation sites is 2. The monoisotopic (exact) mass is 576 g/mol. The summed E-state index contributed by atoms with van der Waals surface area (Å²) in [6.07, 6.45) is 1.84. The maximum atomic E-state index is 6.75. The average Bonchev–Trinajstić information content (AvgIpc) is 3.77. The van der Waals surface area contributed by atoms with Gasteiger partial charge in [-0.3, -0.25) is 4.98 Å². The molecule has 0 bridgehead atoms. The minimum atomic E-state index is 0.868. The van der Waals surface area contributed by atoms with E-state index in [1.165, 1.54) is 0 Å². The smallest absolute Gasteiger partial charge is 0.145 e. The standard InChI is InChI=1S/C41H24N2O2/c1-2-9-27(10-3-1)43-34-19-16-26(33-13-6-7-22-42-33)24-32(34)40-35(43)20-18-29-31-23-25(17-21-37(31)45-41(29)40)28-12-8-15-38-39(28)30-11-4-5-14-36(30)44-38/h1-24H. The van der Waals surface area contributed by atoms with Crippen molar-refractivity contribution in [3.63, 3.8) is 0 Å². The zero-order valence-electron chi connectivity index (χ0n) is 24.1. The molecule has 0 aliphatic heterocycles. The van der Waals surface area contributed by atoms with Crippen molar-refractivity contribution in [1.29, 1.82) is 0 Å². The zero-order chi connectivity index (χ0) is 29.5. The number of aromatic nitrogens is 2. The van der Waals surface area contributed by atoms with Crippen LogP contribution in [-0.2, 0) is 0 Å².